The van der Waals surface area contributed by atoms with Crippen LogP contribution < -0.4 is 5.32 Å². The van der Waals surface area contributed by atoms with E-state index < -0.39 is 0 Å². The predicted molar refractivity (Wildman–Crippen MR) is 61.9 cm³/mol. The quantitative estimate of drug-likeness (QED) is 0.550. The van der Waals surface area contributed by atoms with Crippen LogP contribution in [0.25, 0.3) is 0 Å². The number of hydrogen-bond acceptors (Lipinski definition) is 3. The van der Waals surface area contributed by atoms with Crippen molar-refractivity contribution in [2.75, 3.05) is 13.1 Å². The van der Waals surface area contributed by atoms with Crippen LogP contribution >= 0.6 is 0 Å². The van der Waals surface area contributed by atoms with Gasteiger partial charge in [-0.25, -0.2) is 4.89 Å². The zero-order valence-corrected chi connectivity index (χ0v) is 10.1. The summed E-state index contributed by atoms with van der Waals surface area (Å²) in [5.74, 6) is 0.553. The molecule has 0 aromatic carbocycles. The van der Waals surface area contributed by atoms with E-state index in [1.54, 1.807) is 0 Å². The fraction of sp³-hybridized carbons (Fsp3) is 1.00. The highest BCUT2D eigenvalue weighted by atomic mass is 17.1. The first-order chi connectivity index (χ1) is 7.17. The highest BCUT2D eigenvalue weighted by Gasteiger charge is 2.32. The van der Waals surface area contributed by atoms with Gasteiger partial charge in [0.15, 0.2) is 0 Å². The molecule has 90 valence electrons. The van der Waals surface area contributed by atoms with Crippen LogP contribution in [-0.2, 0) is 4.89 Å². The van der Waals surface area contributed by atoms with Crippen molar-refractivity contribution >= 4 is 0 Å². The Morgan fingerprint density at radius 3 is 1.93 bits per heavy atom. The van der Waals surface area contributed by atoms with Gasteiger partial charge >= 0.3 is 0 Å². The molecule has 0 amide bonds. The highest BCUT2D eigenvalue weighted by molar-refractivity contribution is 4.82. The standard InChI is InChI=1S/C8H16O2.C4H9N/c1-8(2,10-9)7-5-3-4-6-7;1-2-4-5-3-1/h7,9H,3-6H2,1-2H3;5H,1-4H2. The predicted octanol–water partition coefficient (Wildman–Crippen LogP) is 2.81. The van der Waals surface area contributed by atoms with E-state index in [2.05, 4.69) is 10.2 Å². The Hall–Kier alpha value is -0.120. The minimum atomic E-state index is -0.323. The second kappa shape index (κ2) is 6.46. The fourth-order valence-electron chi connectivity index (χ4n) is 2.32. The summed E-state index contributed by atoms with van der Waals surface area (Å²) < 4.78 is 0. The van der Waals surface area contributed by atoms with Crippen LogP contribution in [0.15, 0.2) is 0 Å². The summed E-state index contributed by atoms with van der Waals surface area (Å²) >= 11 is 0. The van der Waals surface area contributed by atoms with E-state index in [9.17, 15) is 0 Å². The van der Waals surface area contributed by atoms with Crippen molar-refractivity contribution in [2.45, 2.75) is 58.0 Å². The Labute approximate surface area is 93.1 Å². The van der Waals surface area contributed by atoms with Gasteiger partial charge in [-0.15, -0.1) is 0 Å². The number of nitrogens with one attached hydrogen (secondary N) is 1. The first-order valence-corrected chi connectivity index (χ1v) is 6.20. The van der Waals surface area contributed by atoms with Crippen LogP contribution in [-0.4, -0.2) is 23.9 Å². The molecule has 1 heterocycles. The molecule has 2 rings (SSSR count). The highest BCUT2D eigenvalue weighted by Crippen LogP contribution is 2.35. The Kier molecular flexibility index (Phi) is 5.58. The van der Waals surface area contributed by atoms with Gasteiger partial charge in [-0.3, -0.25) is 5.26 Å². The summed E-state index contributed by atoms with van der Waals surface area (Å²) in [5, 5.41) is 11.8. The van der Waals surface area contributed by atoms with Crippen LogP contribution in [0, 0.1) is 5.92 Å². The molecule has 0 radical (unpaired) electrons. The van der Waals surface area contributed by atoms with Crippen molar-refractivity contribution in [3.05, 3.63) is 0 Å². The Balaban J connectivity index is 0.000000187. The molecule has 0 atom stereocenters. The molecule has 1 saturated heterocycles. The minimum absolute atomic E-state index is 0.323. The molecule has 2 N–H and O–H groups in total. The normalized spacial score (nSPS) is 22.6. The summed E-state index contributed by atoms with van der Waals surface area (Å²) in [5.41, 5.74) is -0.323. The minimum Gasteiger partial charge on any atom is -0.317 e. The Morgan fingerprint density at radius 2 is 1.60 bits per heavy atom. The monoisotopic (exact) mass is 215 g/mol. The second-order valence-electron chi connectivity index (χ2n) is 5.13. The summed E-state index contributed by atoms with van der Waals surface area (Å²) in [7, 11) is 0. The van der Waals surface area contributed by atoms with Gasteiger partial charge in [0, 0.05) is 0 Å². The van der Waals surface area contributed by atoms with Crippen LogP contribution in [0.2, 0.25) is 0 Å². The molecular formula is C12H25NO2. The van der Waals surface area contributed by atoms with Crippen molar-refractivity contribution in [2.24, 2.45) is 5.92 Å². The molecular weight excluding hydrogens is 190 g/mol. The third-order valence-corrected chi connectivity index (χ3v) is 3.53. The van der Waals surface area contributed by atoms with Gasteiger partial charge < -0.3 is 5.32 Å². The molecule has 2 aliphatic rings. The van der Waals surface area contributed by atoms with Crippen molar-refractivity contribution in [3.63, 3.8) is 0 Å². The van der Waals surface area contributed by atoms with E-state index in [1.165, 1.54) is 51.6 Å². The van der Waals surface area contributed by atoms with E-state index in [0.29, 0.717) is 5.92 Å². The largest absolute Gasteiger partial charge is 0.317 e. The average molecular weight is 215 g/mol. The lowest BCUT2D eigenvalue weighted by Gasteiger charge is -2.27. The fourth-order valence-corrected chi connectivity index (χ4v) is 2.32. The summed E-state index contributed by atoms with van der Waals surface area (Å²) in [6.45, 7) is 6.39. The Bertz CT molecular complexity index is 153. The van der Waals surface area contributed by atoms with Crippen molar-refractivity contribution in [1.82, 2.24) is 5.32 Å². The molecule has 0 unspecified atom stereocenters. The van der Waals surface area contributed by atoms with E-state index in [1.807, 2.05) is 13.8 Å². The topological polar surface area (TPSA) is 41.5 Å². The SMILES string of the molecule is C1CCNC1.CC(C)(OO)C1CCCC1. The molecule has 0 spiro atoms. The van der Waals surface area contributed by atoms with Gasteiger partial charge in [0.05, 0.1) is 0 Å². The molecule has 1 saturated carbocycles. The lowest BCUT2D eigenvalue weighted by molar-refractivity contribution is -0.326. The maximum Gasteiger partial charge on any atom is 0.100 e. The van der Waals surface area contributed by atoms with E-state index in [4.69, 9.17) is 5.26 Å². The molecule has 1 aliphatic heterocycles. The molecule has 0 bridgehead atoms. The third-order valence-electron chi connectivity index (χ3n) is 3.53. The van der Waals surface area contributed by atoms with Crippen molar-refractivity contribution < 1.29 is 10.1 Å². The zero-order chi connectivity index (χ0) is 11.1. The molecule has 3 heteroatoms. The summed E-state index contributed by atoms with van der Waals surface area (Å²) in [4.78, 5) is 4.42. The first kappa shape index (κ1) is 12.9. The number of rotatable bonds is 2. The number of hydrogen-bond donors (Lipinski definition) is 2. The van der Waals surface area contributed by atoms with Crippen molar-refractivity contribution in [1.29, 1.82) is 0 Å². The van der Waals surface area contributed by atoms with E-state index >= 15 is 0 Å². The third kappa shape index (κ3) is 4.49. The second-order valence-corrected chi connectivity index (χ2v) is 5.13. The van der Waals surface area contributed by atoms with Gasteiger partial charge in [0.25, 0.3) is 0 Å². The molecule has 15 heavy (non-hydrogen) atoms. The van der Waals surface area contributed by atoms with Gasteiger partial charge in [0.2, 0.25) is 0 Å². The smallest absolute Gasteiger partial charge is 0.100 e. The van der Waals surface area contributed by atoms with E-state index in [-0.39, 0.29) is 5.60 Å². The lowest BCUT2D eigenvalue weighted by Crippen LogP contribution is -2.31. The van der Waals surface area contributed by atoms with Crippen LogP contribution in [0.5, 0.6) is 0 Å². The van der Waals surface area contributed by atoms with Gasteiger partial charge in [-0.2, -0.15) is 0 Å². The van der Waals surface area contributed by atoms with Gasteiger partial charge in [-0.1, -0.05) is 12.8 Å². The first-order valence-electron chi connectivity index (χ1n) is 6.20. The molecule has 2 fully saturated rings. The van der Waals surface area contributed by atoms with Gasteiger partial charge in [-0.05, 0) is 58.5 Å². The maximum atomic E-state index is 8.55. The molecule has 1 aliphatic carbocycles. The molecule has 0 aromatic rings. The van der Waals surface area contributed by atoms with Gasteiger partial charge in [0.1, 0.15) is 5.60 Å². The van der Waals surface area contributed by atoms with Crippen molar-refractivity contribution in [3.8, 4) is 0 Å². The van der Waals surface area contributed by atoms with Crippen LogP contribution in [0.3, 0.4) is 0 Å². The maximum absolute atomic E-state index is 8.55. The summed E-state index contributed by atoms with van der Waals surface area (Å²) in [6.07, 6.45) is 7.76. The average Bonchev–Trinajstić information content (AvgIpc) is 2.93. The zero-order valence-electron chi connectivity index (χ0n) is 10.1. The van der Waals surface area contributed by atoms with E-state index in [0.717, 1.165) is 0 Å². The lowest BCUT2D eigenvalue weighted by atomic mass is 9.90. The molecule has 3 nitrogen and oxygen atoms in total. The summed E-state index contributed by atoms with van der Waals surface area (Å²) in [6, 6.07) is 0. The molecule has 0 aromatic heterocycles. The van der Waals surface area contributed by atoms with Crippen LogP contribution in [0.4, 0.5) is 0 Å². The Morgan fingerprint density at radius 1 is 1.07 bits per heavy atom. The van der Waals surface area contributed by atoms with Crippen LogP contribution in [0.1, 0.15) is 52.4 Å².